The summed E-state index contributed by atoms with van der Waals surface area (Å²) in [5.74, 6) is -0.379. The Morgan fingerprint density at radius 2 is 2.08 bits per heavy atom. The molecule has 1 rings (SSSR count). The lowest BCUT2D eigenvalue weighted by molar-refractivity contribution is 0.111. The quantitative estimate of drug-likeness (QED) is 0.669. The molecule has 0 heterocycles. The molecule has 0 saturated carbocycles. The third kappa shape index (κ3) is 2.07. The highest BCUT2D eigenvalue weighted by Gasteiger charge is 2.10. The van der Waals surface area contributed by atoms with Crippen LogP contribution in [0.5, 0.6) is 0 Å². The van der Waals surface area contributed by atoms with Crippen molar-refractivity contribution in [1.29, 1.82) is 0 Å². The van der Waals surface area contributed by atoms with Crippen LogP contribution in [0.4, 0.5) is 4.39 Å². The van der Waals surface area contributed by atoms with Crippen molar-refractivity contribution in [1.82, 2.24) is 0 Å². The van der Waals surface area contributed by atoms with E-state index in [0.29, 0.717) is 11.3 Å². The number of aldehydes is 1. The molecule has 0 unspecified atom stereocenters. The van der Waals surface area contributed by atoms with Gasteiger partial charge in [-0.25, -0.2) is 4.39 Å². The highest BCUT2D eigenvalue weighted by atomic mass is 35.5. The van der Waals surface area contributed by atoms with E-state index >= 15 is 0 Å². The van der Waals surface area contributed by atoms with Crippen molar-refractivity contribution >= 4 is 17.9 Å². The van der Waals surface area contributed by atoms with Crippen molar-refractivity contribution in [2.75, 3.05) is 0 Å². The van der Waals surface area contributed by atoms with Crippen LogP contribution < -0.4 is 0 Å². The van der Waals surface area contributed by atoms with Crippen LogP contribution in [-0.4, -0.2) is 6.29 Å². The fraction of sp³-hybridized carbons (Fsp3) is 0.300. The Morgan fingerprint density at radius 1 is 1.46 bits per heavy atom. The minimum absolute atomic E-state index is 0.0631. The summed E-state index contributed by atoms with van der Waals surface area (Å²) in [6.07, 6.45) is 0.498. The highest BCUT2D eigenvalue weighted by molar-refractivity contribution is 6.31. The van der Waals surface area contributed by atoms with E-state index < -0.39 is 5.82 Å². The molecule has 0 radical (unpaired) electrons. The Balaban J connectivity index is 3.30. The van der Waals surface area contributed by atoms with E-state index in [2.05, 4.69) is 0 Å². The monoisotopic (exact) mass is 200 g/mol. The molecule has 13 heavy (non-hydrogen) atoms. The Morgan fingerprint density at radius 3 is 2.54 bits per heavy atom. The molecular formula is C10H10ClFO. The molecular weight excluding hydrogens is 191 g/mol. The van der Waals surface area contributed by atoms with Crippen molar-refractivity contribution in [3.8, 4) is 0 Å². The minimum atomic E-state index is -0.565. The normalized spacial score (nSPS) is 10.5. The Labute approximate surface area is 81.5 Å². The summed E-state index contributed by atoms with van der Waals surface area (Å²) in [7, 11) is 0. The molecule has 70 valence electrons. The Kier molecular flexibility index (Phi) is 3.04. The number of halogens is 2. The first-order valence-corrected chi connectivity index (χ1v) is 4.38. The first-order valence-electron chi connectivity index (χ1n) is 4.00. The molecule has 0 fully saturated rings. The number of carbonyl (C=O) groups excluding carboxylic acids is 1. The van der Waals surface area contributed by atoms with E-state index in [9.17, 15) is 9.18 Å². The van der Waals surface area contributed by atoms with Crippen LogP contribution in [0.3, 0.4) is 0 Å². The van der Waals surface area contributed by atoms with Crippen molar-refractivity contribution in [3.63, 3.8) is 0 Å². The van der Waals surface area contributed by atoms with E-state index in [1.165, 1.54) is 12.1 Å². The molecule has 0 spiro atoms. The van der Waals surface area contributed by atoms with Crippen molar-refractivity contribution in [3.05, 3.63) is 34.1 Å². The van der Waals surface area contributed by atoms with Gasteiger partial charge in [-0.2, -0.15) is 0 Å². The van der Waals surface area contributed by atoms with Crippen LogP contribution in [0.15, 0.2) is 12.1 Å². The average molecular weight is 201 g/mol. The topological polar surface area (TPSA) is 17.1 Å². The molecule has 1 aromatic carbocycles. The number of hydrogen-bond acceptors (Lipinski definition) is 1. The first-order chi connectivity index (χ1) is 6.06. The number of carbonyl (C=O) groups is 1. The molecule has 3 heteroatoms. The largest absolute Gasteiger partial charge is 0.298 e. The van der Waals surface area contributed by atoms with Crippen LogP contribution in [0.2, 0.25) is 5.02 Å². The summed E-state index contributed by atoms with van der Waals surface area (Å²) in [6, 6.07) is 2.68. The van der Waals surface area contributed by atoms with Gasteiger partial charge in [-0.3, -0.25) is 4.79 Å². The summed E-state index contributed by atoms with van der Waals surface area (Å²) < 4.78 is 13.0. The van der Waals surface area contributed by atoms with Gasteiger partial charge in [0.15, 0.2) is 6.29 Å². The third-order valence-electron chi connectivity index (χ3n) is 1.86. The maximum Gasteiger partial charge on any atom is 0.153 e. The van der Waals surface area contributed by atoms with Crippen LogP contribution in [0.1, 0.15) is 35.7 Å². The lowest BCUT2D eigenvalue weighted by Gasteiger charge is -2.08. The average Bonchev–Trinajstić information content (AvgIpc) is 2.03. The van der Waals surface area contributed by atoms with Gasteiger partial charge in [-0.05, 0) is 23.6 Å². The molecule has 0 atom stereocenters. The van der Waals surface area contributed by atoms with Crippen LogP contribution in [-0.2, 0) is 0 Å². The van der Waals surface area contributed by atoms with Crippen molar-refractivity contribution in [2.45, 2.75) is 19.8 Å². The SMILES string of the molecule is CC(C)c1cc(C=O)c(F)cc1Cl. The molecule has 1 nitrogen and oxygen atoms in total. The molecule has 1 aromatic rings. The lowest BCUT2D eigenvalue weighted by atomic mass is 10.0. The van der Waals surface area contributed by atoms with E-state index in [1.807, 2.05) is 13.8 Å². The molecule has 0 bridgehead atoms. The number of rotatable bonds is 2. The molecule has 0 amide bonds. The maximum absolute atomic E-state index is 13.0. The molecule has 0 saturated heterocycles. The van der Waals surface area contributed by atoms with E-state index in [1.54, 1.807) is 0 Å². The summed E-state index contributed by atoms with van der Waals surface area (Å²) in [4.78, 5) is 10.4. The van der Waals surface area contributed by atoms with Gasteiger partial charge in [0, 0.05) is 5.02 Å². The maximum atomic E-state index is 13.0. The zero-order valence-corrected chi connectivity index (χ0v) is 8.23. The van der Waals surface area contributed by atoms with Gasteiger partial charge in [0.25, 0.3) is 0 Å². The number of benzene rings is 1. The van der Waals surface area contributed by atoms with Crippen molar-refractivity contribution in [2.24, 2.45) is 0 Å². The van der Waals surface area contributed by atoms with Crippen LogP contribution >= 0.6 is 11.6 Å². The van der Waals surface area contributed by atoms with Gasteiger partial charge in [-0.15, -0.1) is 0 Å². The summed E-state index contributed by atoms with van der Waals surface area (Å²) in [6.45, 7) is 3.88. The second-order valence-corrected chi connectivity index (χ2v) is 3.57. The van der Waals surface area contributed by atoms with Gasteiger partial charge in [-0.1, -0.05) is 25.4 Å². The zero-order valence-electron chi connectivity index (χ0n) is 7.47. The third-order valence-corrected chi connectivity index (χ3v) is 2.19. The lowest BCUT2D eigenvalue weighted by Crippen LogP contribution is -1.95. The van der Waals surface area contributed by atoms with Gasteiger partial charge >= 0.3 is 0 Å². The summed E-state index contributed by atoms with van der Waals surface area (Å²) in [5, 5.41) is 0.373. The molecule has 0 N–H and O–H groups in total. The van der Waals surface area contributed by atoms with Crippen molar-refractivity contribution < 1.29 is 9.18 Å². The first kappa shape index (κ1) is 10.2. The predicted octanol–water partition coefficient (Wildman–Crippen LogP) is 3.42. The smallest absolute Gasteiger partial charge is 0.153 e. The highest BCUT2D eigenvalue weighted by Crippen LogP contribution is 2.26. The van der Waals surface area contributed by atoms with Gasteiger partial charge in [0.2, 0.25) is 0 Å². The van der Waals surface area contributed by atoms with E-state index in [0.717, 1.165) is 5.56 Å². The number of hydrogen-bond donors (Lipinski definition) is 0. The Bertz CT molecular complexity index is 334. The van der Waals surface area contributed by atoms with Gasteiger partial charge in [0.05, 0.1) is 5.56 Å². The van der Waals surface area contributed by atoms with Gasteiger partial charge < -0.3 is 0 Å². The van der Waals surface area contributed by atoms with Gasteiger partial charge in [0.1, 0.15) is 5.82 Å². The molecule has 0 aromatic heterocycles. The standard InChI is InChI=1S/C10H10ClFO/c1-6(2)8-3-7(5-13)10(12)4-9(8)11/h3-6H,1-2H3. The van der Waals surface area contributed by atoms with E-state index in [4.69, 9.17) is 11.6 Å². The fourth-order valence-electron chi connectivity index (χ4n) is 1.12. The van der Waals surface area contributed by atoms with Crippen LogP contribution in [0, 0.1) is 5.82 Å². The molecule has 0 aliphatic rings. The minimum Gasteiger partial charge on any atom is -0.298 e. The Hall–Kier alpha value is -0.890. The second kappa shape index (κ2) is 3.88. The predicted molar refractivity (Wildman–Crippen MR) is 50.9 cm³/mol. The zero-order chi connectivity index (χ0) is 10.0. The fourth-order valence-corrected chi connectivity index (χ4v) is 1.48. The second-order valence-electron chi connectivity index (χ2n) is 3.17. The summed E-state index contributed by atoms with van der Waals surface area (Å²) in [5.41, 5.74) is 0.860. The molecule has 0 aliphatic heterocycles. The molecule has 0 aliphatic carbocycles. The van der Waals surface area contributed by atoms with E-state index in [-0.39, 0.29) is 11.5 Å². The van der Waals surface area contributed by atoms with Crippen LogP contribution in [0.25, 0.3) is 0 Å². The summed E-state index contributed by atoms with van der Waals surface area (Å²) >= 11 is 5.80.